The second-order valence-corrected chi connectivity index (χ2v) is 10.4. The van der Waals surface area contributed by atoms with Crippen LogP contribution in [0, 0.1) is 28.6 Å². The summed E-state index contributed by atoms with van der Waals surface area (Å²) in [5, 5.41) is 10.3. The monoisotopic (exact) mass is 459 g/mol. The van der Waals surface area contributed by atoms with Crippen molar-refractivity contribution in [2.24, 2.45) is 28.6 Å². The zero-order valence-corrected chi connectivity index (χ0v) is 18.4. The van der Waals surface area contributed by atoms with E-state index in [9.17, 15) is 22.8 Å². The van der Waals surface area contributed by atoms with Gasteiger partial charge < -0.3 is 20.2 Å². The maximum Gasteiger partial charge on any atom is 0.490 e. The van der Waals surface area contributed by atoms with E-state index < -0.39 is 12.1 Å². The van der Waals surface area contributed by atoms with Gasteiger partial charge in [-0.15, -0.1) is 0 Å². The standard InChI is InChI=1S/C20H31N3O2.C2HF3O2/c1-14-10-16(14)17(24)23-8-5-19(6-9-23)12-22(11-15-2-3-15)13-20(19)4-7-21-18(20)25;3-2(4,5)1(6)7/h14-16H,2-13H2,1H3,(H,21,25);(H,6,7). The second kappa shape index (κ2) is 8.18. The maximum absolute atomic E-state index is 12.9. The van der Waals surface area contributed by atoms with E-state index >= 15 is 0 Å². The first kappa shape index (κ1) is 23.3. The molecule has 0 aromatic rings. The van der Waals surface area contributed by atoms with Crippen LogP contribution in [0.15, 0.2) is 0 Å². The van der Waals surface area contributed by atoms with Crippen LogP contribution in [0.3, 0.4) is 0 Å². The molecule has 0 bridgehead atoms. The Balaban J connectivity index is 0.000000307. The first-order chi connectivity index (χ1) is 15.0. The van der Waals surface area contributed by atoms with Crippen LogP contribution < -0.4 is 5.32 Å². The summed E-state index contributed by atoms with van der Waals surface area (Å²) in [6.45, 7) is 7.92. The lowest BCUT2D eigenvalue weighted by Crippen LogP contribution is -2.53. The number of carbonyl (C=O) groups excluding carboxylic acids is 2. The molecule has 3 saturated heterocycles. The van der Waals surface area contributed by atoms with E-state index in [1.165, 1.54) is 19.4 Å². The fourth-order valence-corrected chi connectivity index (χ4v) is 6.00. The highest BCUT2D eigenvalue weighted by atomic mass is 19.4. The summed E-state index contributed by atoms with van der Waals surface area (Å²) < 4.78 is 31.7. The van der Waals surface area contributed by atoms with Crippen molar-refractivity contribution in [3.8, 4) is 0 Å². The first-order valence-electron chi connectivity index (χ1n) is 11.6. The van der Waals surface area contributed by atoms with E-state index in [1.54, 1.807) is 0 Å². The van der Waals surface area contributed by atoms with Gasteiger partial charge in [0.2, 0.25) is 11.8 Å². The summed E-state index contributed by atoms with van der Waals surface area (Å²) in [4.78, 5) is 39.1. The topological polar surface area (TPSA) is 90.0 Å². The predicted octanol–water partition coefficient (Wildman–Crippen LogP) is 2.12. The number of hydrogen-bond acceptors (Lipinski definition) is 4. The minimum Gasteiger partial charge on any atom is -0.475 e. The van der Waals surface area contributed by atoms with Crippen LogP contribution in [0.25, 0.3) is 0 Å². The molecule has 5 rings (SSSR count). The van der Waals surface area contributed by atoms with Crippen LogP contribution >= 0.6 is 0 Å². The number of rotatable bonds is 3. The van der Waals surface area contributed by atoms with Crippen molar-refractivity contribution in [3.05, 3.63) is 0 Å². The maximum atomic E-state index is 12.9. The number of nitrogens with zero attached hydrogens (tertiary/aromatic N) is 2. The van der Waals surface area contributed by atoms with Crippen molar-refractivity contribution in [2.75, 3.05) is 39.3 Å². The summed E-state index contributed by atoms with van der Waals surface area (Å²) in [6.07, 6.45) is 1.72. The largest absolute Gasteiger partial charge is 0.490 e. The molecular weight excluding hydrogens is 427 g/mol. The number of carbonyl (C=O) groups is 3. The van der Waals surface area contributed by atoms with Gasteiger partial charge in [-0.05, 0) is 50.4 Å². The Kier molecular flexibility index (Phi) is 5.96. The molecule has 3 heterocycles. The Morgan fingerprint density at radius 2 is 1.75 bits per heavy atom. The molecule has 3 unspecified atom stereocenters. The van der Waals surface area contributed by atoms with Crippen LogP contribution in [-0.2, 0) is 14.4 Å². The molecule has 0 aromatic carbocycles. The van der Waals surface area contributed by atoms with E-state index in [0.29, 0.717) is 17.7 Å². The Morgan fingerprint density at radius 3 is 2.19 bits per heavy atom. The smallest absolute Gasteiger partial charge is 0.475 e. The number of aliphatic carboxylic acids is 1. The number of amides is 2. The molecular formula is C22H32F3N3O4. The minimum absolute atomic E-state index is 0.0917. The summed E-state index contributed by atoms with van der Waals surface area (Å²) in [7, 11) is 0. The summed E-state index contributed by atoms with van der Waals surface area (Å²) in [6, 6.07) is 0. The van der Waals surface area contributed by atoms with Crippen molar-refractivity contribution in [2.45, 2.75) is 51.6 Å². The number of alkyl halides is 3. The summed E-state index contributed by atoms with van der Waals surface area (Å²) >= 11 is 0. The Hall–Kier alpha value is -1.84. The van der Waals surface area contributed by atoms with Crippen molar-refractivity contribution < 1.29 is 32.7 Å². The third kappa shape index (κ3) is 4.34. The Morgan fingerprint density at radius 1 is 1.16 bits per heavy atom. The van der Waals surface area contributed by atoms with E-state index in [0.717, 1.165) is 64.3 Å². The average Bonchev–Trinajstić information content (AvgIpc) is 3.61. The number of carboxylic acid groups (broad SMARTS) is 1. The van der Waals surface area contributed by atoms with Crippen molar-refractivity contribution in [1.82, 2.24) is 15.1 Å². The molecule has 2 spiro atoms. The van der Waals surface area contributed by atoms with E-state index in [2.05, 4.69) is 22.0 Å². The highest BCUT2D eigenvalue weighted by Crippen LogP contribution is 2.57. The van der Waals surface area contributed by atoms with Gasteiger partial charge in [-0.2, -0.15) is 13.2 Å². The van der Waals surface area contributed by atoms with E-state index in [4.69, 9.17) is 9.90 Å². The summed E-state index contributed by atoms with van der Waals surface area (Å²) in [5.41, 5.74) is -0.0989. The predicted molar refractivity (Wildman–Crippen MR) is 108 cm³/mol. The fraction of sp³-hybridized carbons (Fsp3) is 0.864. The lowest BCUT2D eigenvalue weighted by atomic mass is 9.60. The van der Waals surface area contributed by atoms with Gasteiger partial charge in [0.15, 0.2) is 0 Å². The van der Waals surface area contributed by atoms with Gasteiger partial charge in [-0.25, -0.2) is 4.79 Å². The molecule has 32 heavy (non-hydrogen) atoms. The van der Waals surface area contributed by atoms with Gasteiger partial charge in [0.05, 0.1) is 5.41 Å². The SMILES string of the molecule is CC1CC1C(=O)N1CCC2(CC1)CN(CC1CC1)CC21CCNC1=O.O=C(O)C(F)(F)F. The normalized spacial score (nSPS) is 33.8. The fourth-order valence-electron chi connectivity index (χ4n) is 6.00. The summed E-state index contributed by atoms with van der Waals surface area (Å²) in [5.74, 6) is -0.354. The average molecular weight is 460 g/mol. The molecule has 5 fully saturated rings. The van der Waals surface area contributed by atoms with Crippen LogP contribution in [0.1, 0.15) is 45.4 Å². The highest BCUT2D eigenvalue weighted by molar-refractivity contribution is 5.87. The van der Waals surface area contributed by atoms with Gasteiger partial charge in [-0.1, -0.05) is 6.92 Å². The third-order valence-corrected chi connectivity index (χ3v) is 8.22. The lowest BCUT2D eigenvalue weighted by Gasteiger charge is -2.46. The molecule has 5 aliphatic rings. The zero-order valence-electron chi connectivity index (χ0n) is 18.4. The molecule has 7 nitrogen and oxygen atoms in total. The van der Waals surface area contributed by atoms with Crippen molar-refractivity contribution in [3.63, 3.8) is 0 Å². The lowest BCUT2D eigenvalue weighted by molar-refractivity contribution is -0.192. The molecule has 2 amide bonds. The first-order valence-corrected chi connectivity index (χ1v) is 11.6. The van der Waals surface area contributed by atoms with Crippen LogP contribution in [-0.4, -0.2) is 78.1 Å². The molecule has 2 saturated carbocycles. The molecule has 180 valence electrons. The molecule has 2 aliphatic carbocycles. The quantitative estimate of drug-likeness (QED) is 0.675. The Labute approximate surface area is 185 Å². The molecule has 3 aliphatic heterocycles. The van der Waals surface area contributed by atoms with Gasteiger partial charge in [0.25, 0.3) is 0 Å². The van der Waals surface area contributed by atoms with Gasteiger partial charge in [-0.3, -0.25) is 9.59 Å². The number of fused-ring (bicyclic) bond motifs is 1. The molecule has 0 radical (unpaired) electrons. The number of likely N-dealkylation sites (tertiary alicyclic amines) is 2. The van der Waals surface area contributed by atoms with Crippen LogP contribution in [0.5, 0.6) is 0 Å². The van der Waals surface area contributed by atoms with E-state index in [1.807, 2.05) is 0 Å². The number of piperidine rings is 1. The van der Waals surface area contributed by atoms with Crippen LogP contribution in [0.2, 0.25) is 0 Å². The number of halogens is 3. The molecule has 2 N–H and O–H groups in total. The number of carboxylic acids is 1. The highest BCUT2D eigenvalue weighted by Gasteiger charge is 2.64. The van der Waals surface area contributed by atoms with Crippen LogP contribution in [0.4, 0.5) is 13.2 Å². The second-order valence-electron chi connectivity index (χ2n) is 10.4. The van der Waals surface area contributed by atoms with Crippen molar-refractivity contribution >= 4 is 17.8 Å². The van der Waals surface area contributed by atoms with Crippen molar-refractivity contribution in [1.29, 1.82) is 0 Å². The minimum atomic E-state index is -5.08. The third-order valence-electron chi connectivity index (χ3n) is 8.22. The molecule has 3 atom stereocenters. The number of nitrogens with one attached hydrogen (secondary N) is 1. The zero-order chi connectivity index (χ0) is 23.3. The van der Waals surface area contributed by atoms with Gasteiger partial charge in [0, 0.05) is 50.6 Å². The molecule has 10 heteroatoms. The Bertz CT molecular complexity index is 777. The number of hydrogen-bond donors (Lipinski definition) is 2. The molecule has 0 aromatic heterocycles. The van der Waals surface area contributed by atoms with E-state index in [-0.39, 0.29) is 16.7 Å². The van der Waals surface area contributed by atoms with Gasteiger partial charge >= 0.3 is 12.1 Å². The van der Waals surface area contributed by atoms with Gasteiger partial charge in [0.1, 0.15) is 0 Å².